The third kappa shape index (κ3) is 7.01. The molecule has 0 atom stereocenters. The Bertz CT molecular complexity index is 357. The molecule has 0 aliphatic carbocycles. The van der Waals surface area contributed by atoms with Crippen LogP contribution in [0.4, 0.5) is 0 Å². The Morgan fingerprint density at radius 1 is 1.28 bits per heavy atom. The highest BCUT2D eigenvalue weighted by Crippen LogP contribution is 2.07. The van der Waals surface area contributed by atoms with E-state index < -0.39 is 5.60 Å². The van der Waals surface area contributed by atoms with Crippen molar-refractivity contribution in [1.29, 1.82) is 0 Å². The van der Waals surface area contributed by atoms with Crippen molar-refractivity contribution in [2.24, 2.45) is 0 Å². The maximum Gasteiger partial charge on any atom is 0.332 e. The van der Waals surface area contributed by atoms with Gasteiger partial charge in [0.15, 0.2) is 0 Å². The minimum atomic E-state index is -0.447. The normalized spacial score (nSPS) is 11.3. The molecule has 100 valence electrons. The number of esters is 1. The first-order chi connectivity index (χ1) is 8.47. The lowest BCUT2D eigenvalue weighted by atomic mass is 10.1. The van der Waals surface area contributed by atoms with Crippen LogP contribution in [0.3, 0.4) is 0 Å². The molecular formula is C14H21NO3. The van der Waals surface area contributed by atoms with Gasteiger partial charge in [-0.05, 0) is 51.3 Å². The molecule has 1 heterocycles. The number of pyridine rings is 1. The Kier molecular flexibility index (Phi) is 5.78. The second kappa shape index (κ2) is 7.11. The van der Waals surface area contributed by atoms with Crippen molar-refractivity contribution in [2.45, 2.75) is 39.2 Å². The van der Waals surface area contributed by atoms with Gasteiger partial charge in [0.05, 0.1) is 0 Å². The summed E-state index contributed by atoms with van der Waals surface area (Å²) < 4.78 is 10.4. The van der Waals surface area contributed by atoms with Gasteiger partial charge in [0.25, 0.3) is 0 Å². The summed E-state index contributed by atoms with van der Waals surface area (Å²) in [5.74, 6) is -0.314. The maximum absolute atomic E-state index is 11.3. The minimum Gasteiger partial charge on any atom is -0.458 e. The highest BCUT2D eigenvalue weighted by atomic mass is 16.6. The molecule has 18 heavy (non-hydrogen) atoms. The van der Waals surface area contributed by atoms with Crippen molar-refractivity contribution in [3.05, 3.63) is 30.1 Å². The maximum atomic E-state index is 11.3. The van der Waals surface area contributed by atoms with Gasteiger partial charge in [0.2, 0.25) is 0 Å². The molecule has 4 heteroatoms. The summed E-state index contributed by atoms with van der Waals surface area (Å²) >= 11 is 0. The van der Waals surface area contributed by atoms with Crippen LogP contribution in [0, 0.1) is 0 Å². The van der Waals surface area contributed by atoms with E-state index in [1.54, 1.807) is 12.4 Å². The van der Waals surface area contributed by atoms with E-state index in [1.807, 2.05) is 32.9 Å². The van der Waals surface area contributed by atoms with Crippen molar-refractivity contribution < 1.29 is 14.3 Å². The van der Waals surface area contributed by atoms with Crippen LogP contribution in [0.15, 0.2) is 24.5 Å². The summed E-state index contributed by atoms with van der Waals surface area (Å²) in [6.45, 7) is 6.10. The van der Waals surface area contributed by atoms with Gasteiger partial charge in [0, 0.05) is 19.0 Å². The highest BCUT2D eigenvalue weighted by molar-refractivity contribution is 5.71. The fourth-order valence-electron chi connectivity index (χ4n) is 1.45. The molecule has 0 amide bonds. The number of hydrogen-bond donors (Lipinski definition) is 0. The fourth-order valence-corrected chi connectivity index (χ4v) is 1.45. The van der Waals surface area contributed by atoms with Gasteiger partial charge in [-0.15, -0.1) is 0 Å². The zero-order chi connectivity index (χ0) is 13.4. The van der Waals surface area contributed by atoms with Gasteiger partial charge in [-0.3, -0.25) is 4.98 Å². The molecule has 0 unspecified atom stereocenters. The van der Waals surface area contributed by atoms with Crippen LogP contribution in [0.25, 0.3) is 0 Å². The molecule has 0 radical (unpaired) electrons. The van der Waals surface area contributed by atoms with Gasteiger partial charge in [-0.1, -0.05) is 0 Å². The van der Waals surface area contributed by atoms with Crippen LogP contribution >= 0.6 is 0 Å². The lowest BCUT2D eigenvalue weighted by Crippen LogP contribution is -2.26. The molecule has 1 aromatic rings. The lowest BCUT2D eigenvalue weighted by molar-refractivity contribution is -0.160. The Hall–Kier alpha value is -1.42. The van der Waals surface area contributed by atoms with Crippen molar-refractivity contribution in [1.82, 2.24) is 4.98 Å². The van der Waals surface area contributed by atoms with Gasteiger partial charge in [0.1, 0.15) is 12.2 Å². The zero-order valence-electron chi connectivity index (χ0n) is 11.3. The summed E-state index contributed by atoms with van der Waals surface area (Å²) in [4.78, 5) is 15.3. The van der Waals surface area contributed by atoms with Gasteiger partial charge >= 0.3 is 5.97 Å². The molecule has 1 rings (SSSR count). The smallest absolute Gasteiger partial charge is 0.332 e. The number of aromatic nitrogens is 1. The molecule has 0 fully saturated rings. The molecule has 1 aromatic heterocycles. The van der Waals surface area contributed by atoms with Crippen molar-refractivity contribution >= 4 is 5.97 Å². The lowest BCUT2D eigenvalue weighted by Gasteiger charge is -2.19. The van der Waals surface area contributed by atoms with Crippen LogP contribution in [0.5, 0.6) is 0 Å². The van der Waals surface area contributed by atoms with E-state index >= 15 is 0 Å². The van der Waals surface area contributed by atoms with Gasteiger partial charge in [-0.25, -0.2) is 4.79 Å². The van der Waals surface area contributed by atoms with Crippen molar-refractivity contribution in [3.8, 4) is 0 Å². The van der Waals surface area contributed by atoms with E-state index in [-0.39, 0.29) is 12.6 Å². The molecule has 0 N–H and O–H groups in total. The van der Waals surface area contributed by atoms with Crippen molar-refractivity contribution in [2.75, 3.05) is 13.2 Å². The molecule has 0 bridgehead atoms. The summed E-state index contributed by atoms with van der Waals surface area (Å²) in [7, 11) is 0. The number of nitrogens with zero attached hydrogens (tertiary/aromatic N) is 1. The predicted octanol–water partition coefficient (Wildman–Crippen LogP) is 2.37. The first-order valence-electron chi connectivity index (χ1n) is 6.16. The molecule has 0 saturated heterocycles. The number of rotatable bonds is 6. The number of aryl methyl sites for hydroxylation is 1. The number of hydrogen-bond acceptors (Lipinski definition) is 4. The molecule has 4 nitrogen and oxygen atoms in total. The van der Waals surface area contributed by atoms with Crippen LogP contribution in [0.2, 0.25) is 0 Å². The van der Waals surface area contributed by atoms with Crippen molar-refractivity contribution in [3.63, 3.8) is 0 Å². The molecule has 0 spiro atoms. The average molecular weight is 251 g/mol. The topological polar surface area (TPSA) is 48.4 Å². The summed E-state index contributed by atoms with van der Waals surface area (Å²) in [5.41, 5.74) is 0.781. The summed E-state index contributed by atoms with van der Waals surface area (Å²) in [6, 6.07) is 3.96. The molecule has 0 aliphatic heterocycles. The van der Waals surface area contributed by atoms with Gasteiger partial charge in [-0.2, -0.15) is 0 Å². The Morgan fingerprint density at radius 2 is 1.94 bits per heavy atom. The minimum absolute atomic E-state index is 0.0214. The monoisotopic (exact) mass is 251 g/mol. The largest absolute Gasteiger partial charge is 0.458 e. The Balaban J connectivity index is 2.07. The van der Waals surface area contributed by atoms with Gasteiger partial charge < -0.3 is 9.47 Å². The van der Waals surface area contributed by atoms with Crippen LogP contribution in [-0.4, -0.2) is 29.8 Å². The molecule has 0 aliphatic rings. The third-order valence-corrected chi connectivity index (χ3v) is 2.14. The van der Waals surface area contributed by atoms with E-state index in [0.717, 1.165) is 12.8 Å². The van der Waals surface area contributed by atoms with Crippen LogP contribution in [0.1, 0.15) is 32.8 Å². The first-order valence-corrected chi connectivity index (χ1v) is 6.16. The van der Waals surface area contributed by atoms with E-state index in [0.29, 0.717) is 6.61 Å². The van der Waals surface area contributed by atoms with E-state index in [9.17, 15) is 4.79 Å². The molecule has 0 saturated carbocycles. The predicted molar refractivity (Wildman–Crippen MR) is 69.2 cm³/mol. The second-order valence-electron chi connectivity index (χ2n) is 5.10. The quantitative estimate of drug-likeness (QED) is 0.575. The Morgan fingerprint density at radius 3 is 2.56 bits per heavy atom. The van der Waals surface area contributed by atoms with E-state index in [1.165, 1.54) is 5.56 Å². The second-order valence-corrected chi connectivity index (χ2v) is 5.10. The SMILES string of the molecule is CC(C)(C)OC(=O)COCCCc1ccncc1. The van der Waals surface area contributed by atoms with E-state index in [4.69, 9.17) is 9.47 Å². The zero-order valence-corrected chi connectivity index (χ0v) is 11.3. The standard InChI is InChI=1S/C14H21NO3/c1-14(2,3)18-13(16)11-17-10-4-5-12-6-8-15-9-7-12/h6-9H,4-5,10-11H2,1-3H3. The number of carbonyl (C=O) groups excluding carboxylic acids is 1. The average Bonchev–Trinajstić information content (AvgIpc) is 2.27. The van der Waals surface area contributed by atoms with E-state index in [2.05, 4.69) is 4.98 Å². The highest BCUT2D eigenvalue weighted by Gasteiger charge is 2.15. The van der Waals surface area contributed by atoms with Crippen LogP contribution < -0.4 is 0 Å². The Labute approximate surface area is 108 Å². The molecular weight excluding hydrogens is 230 g/mol. The fraction of sp³-hybridized carbons (Fsp3) is 0.571. The summed E-state index contributed by atoms with van der Waals surface area (Å²) in [6.07, 6.45) is 5.36. The molecule has 0 aromatic carbocycles. The summed E-state index contributed by atoms with van der Waals surface area (Å²) in [5, 5.41) is 0. The number of carbonyl (C=O) groups is 1. The van der Waals surface area contributed by atoms with Crippen LogP contribution in [-0.2, 0) is 20.7 Å². The first kappa shape index (κ1) is 14.6. The number of ether oxygens (including phenoxy) is 2. The third-order valence-electron chi connectivity index (χ3n) is 2.14.